The average molecular weight is 325 g/mol. The third-order valence-electron chi connectivity index (χ3n) is 2.98. The van der Waals surface area contributed by atoms with E-state index in [0.717, 1.165) is 31.5 Å². The molecule has 1 aromatic rings. The van der Waals surface area contributed by atoms with E-state index in [1.165, 1.54) is 12.1 Å². The highest BCUT2D eigenvalue weighted by Crippen LogP contribution is 2.22. The number of carbonyl (C=O) groups is 1. The highest BCUT2D eigenvalue weighted by Gasteiger charge is 2.31. The number of amides is 1. The van der Waals surface area contributed by atoms with Crippen molar-refractivity contribution < 1.29 is 22.7 Å². The maximum atomic E-state index is 12.0. The zero-order valence-corrected chi connectivity index (χ0v) is 11.9. The molecule has 1 fully saturated rings. The summed E-state index contributed by atoms with van der Waals surface area (Å²) in [6, 6.07) is 4.94. The Bertz CT molecular complexity index is 459. The molecule has 0 unspecified atom stereocenters. The van der Waals surface area contributed by atoms with Gasteiger partial charge in [-0.05, 0) is 43.7 Å². The molecule has 8 heteroatoms. The summed E-state index contributed by atoms with van der Waals surface area (Å²) in [7, 11) is 0. The van der Waals surface area contributed by atoms with Crippen molar-refractivity contribution in [2.24, 2.45) is 0 Å². The lowest BCUT2D eigenvalue weighted by Crippen LogP contribution is -2.45. The van der Waals surface area contributed by atoms with Crippen molar-refractivity contribution in [1.29, 1.82) is 0 Å². The van der Waals surface area contributed by atoms with Crippen LogP contribution in [-0.2, 0) is 0 Å². The molecule has 0 spiro atoms. The van der Waals surface area contributed by atoms with Gasteiger partial charge in [0.15, 0.2) is 0 Å². The van der Waals surface area contributed by atoms with Crippen LogP contribution in [0.25, 0.3) is 0 Å². The minimum atomic E-state index is -4.72. The Labute approximate surface area is 126 Å². The Morgan fingerprint density at radius 1 is 1.29 bits per heavy atom. The number of piperidine rings is 1. The highest BCUT2D eigenvalue weighted by molar-refractivity contribution is 5.94. The molecule has 1 heterocycles. The van der Waals surface area contributed by atoms with Crippen molar-refractivity contribution in [3.8, 4) is 5.75 Å². The van der Waals surface area contributed by atoms with E-state index >= 15 is 0 Å². The van der Waals surface area contributed by atoms with E-state index in [-0.39, 0.29) is 30.1 Å². The predicted molar refractivity (Wildman–Crippen MR) is 73.7 cm³/mol. The maximum Gasteiger partial charge on any atom is 0.573 e. The molecule has 0 aromatic heterocycles. The largest absolute Gasteiger partial charge is 0.573 e. The van der Waals surface area contributed by atoms with Crippen LogP contribution in [0.3, 0.4) is 0 Å². The molecule has 1 amide bonds. The molecule has 2 rings (SSSR count). The lowest BCUT2D eigenvalue weighted by molar-refractivity contribution is -0.274. The van der Waals surface area contributed by atoms with Crippen LogP contribution in [0.2, 0.25) is 0 Å². The molecular weight excluding hydrogens is 309 g/mol. The van der Waals surface area contributed by atoms with Crippen LogP contribution in [0, 0.1) is 0 Å². The van der Waals surface area contributed by atoms with Crippen LogP contribution < -0.4 is 15.4 Å². The molecule has 0 bridgehead atoms. The second-order valence-corrected chi connectivity index (χ2v) is 4.59. The molecule has 0 aliphatic carbocycles. The summed E-state index contributed by atoms with van der Waals surface area (Å²) in [4.78, 5) is 11.9. The first-order valence-electron chi connectivity index (χ1n) is 6.31. The zero-order chi connectivity index (χ0) is 14.6. The first-order valence-corrected chi connectivity index (χ1v) is 6.31. The van der Waals surface area contributed by atoms with E-state index in [0.29, 0.717) is 12.1 Å². The molecule has 1 aromatic carbocycles. The Morgan fingerprint density at radius 2 is 1.95 bits per heavy atom. The highest BCUT2D eigenvalue weighted by atomic mass is 35.5. The lowest BCUT2D eigenvalue weighted by Gasteiger charge is -2.23. The van der Waals surface area contributed by atoms with E-state index in [9.17, 15) is 18.0 Å². The number of carbonyl (C=O) groups excluding carboxylic acids is 1. The van der Waals surface area contributed by atoms with Crippen molar-refractivity contribution in [3.05, 3.63) is 29.8 Å². The van der Waals surface area contributed by atoms with Crippen LogP contribution in [0.4, 0.5) is 13.2 Å². The maximum absolute atomic E-state index is 12.0. The fraction of sp³-hybridized carbons (Fsp3) is 0.462. The van der Waals surface area contributed by atoms with Gasteiger partial charge in [0.05, 0.1) is 0 Å². The number of nitrogens with one attached hydrogen (secondary N) is 2. The van der Waals surface area contributed by atoms with Gasteiger partial charge in [-0.1, -0.05) is 0 Å². The fourth-order valence-corrected chi connectivity index (χ4v) is 2.05. The summed E-state index contributed by atoms with van der Waals surface area (Å²) >= 11 is 0. The van der Waals surface area contributed by atoms with Crippen molar-refractivity contribution >= 4 is 18.3 Å². The van der Waals surface area contributed by atoms with Gasteiger partial charge in [-0.15, -0.1) is 25.6 Å². The van der Waals surface area contributed by atoms with Gasteiger partial charge in [0.25, 0.3) is 5.91 Å². The van der Waals surface area contributed by atoms with Crippen molar-refractivity contribution in [1.82, 2.24) is 10.6 Å². The number of benzene rings is 1. The van der Waals surface area contributed by atoms with Crippen molar-refractivity contribution in [2.75, 3.05) is 13.1 Å². The molecule has 1 atom stereocenters. The van der Waals surface area contributed by atoms with Crippen molar-refractivity contribution in [3.63, 3.8) is 0 Å². The molecule has 1 aliphatic rings. The van der Waals surface area contributed by atoms with Gasteiger partial charge in [0, 0.05) is 18.2 Å². The standard InChI is InChI=1S/C13H15F3N2O2.ClH/c14-13(15,16)20-11-5-3-9(4-6-11)12(19)18-10-2-1-7-17-8-10;/h3-6,10,17H,1-2,7-8H2,(H,18,19);1H/t10-;/m0./s1. The van der Waals surface area contributed by atoms with E-state index in [1.807, 2.05) is 0 Å². The van der Waals surface area contributed by atoms with E-state index in [2.05, 4.69) is 15.4 Å². The molecule has 1 saturated heterocycles. The molecule has 1 aliphatic heterocycles. The molecule has 2 N–H and O–H groups in total. The molecular formula is C13H16ClF3N2O2. The molecule has 118 valence electrons. The second-order valence-electron chi connectivity index (χ2n) is 4.59. The topological polar surface area (TPSA) is 50.4 Å². The first-order chi connectivity index (χ1) is 9.44. The van der Waals surface area contributed by atoms with Crippen molar-refractivity contribution in [2.45, 2.75) is 25.2 Å². The summed E-state index contributed by atoms with van der Waals surface area (Å²) in [6.07, 6.45) is -2.84. The predicted octanol–water partition coefficient (Wildman–Crippen LogP) is 2.49. The summed E-state index contributed by atoms with van der Waals surface area (Å²) in [5.41, 5.74) is 0.310. The summed E-state index contributed by atoms with van der Waals surface area (Å²) in [5.74, 6) is -0.634. The number of hydrogen-bond acceptors (Lipinski definition) is 3. The summed E-state index contributed by atoms with van der Waals surface area (Å²) < 4.78 is 39.7. The summed E-state index contributed by atoms with van der Waals surface area (Å²) in [5, 5.41) is 6.01. The van der Waals surface area contributed by atoms with Crippen LogP contribution in [-0.4, -0.2) is 31.4 Å². The lowest BCUT2D eigenvalue weighted by atomic mass is 10.1. The number of alkyl halides is 3. The molecule has 0 radical (unpaired) electrons. The van der Waals surface area contributed by atoms with Crippen LogP contribution >= 0.6 is 12.4 Å². The van der Waals surface area contributed by atoms with Gasteiger partial charge < -0.3 is 15.4 Å². The third-order valence-corrected chi connectivity index (χ3v) is 2.98. The number of hydrogen-bond donors (Lipinski definition) is 2. The average Bonchev–Trinajstić information content (AvgIpc) is 2.39. The van der Waals surface area contributed by atoms with Gasteiger partial charge >= 0.3 is 6.36 Å². The molecule has 0 saturated carbocycles. The zero-order valence-electron chi connectivity index (χ0n) is 11.1. The first kappa shape index (κ1) is 17.6. The number of ether oxygens (including phenoxy) is 1. The molecule has 4 nitrogen and oxygen atoms in total. The normalized spacial score (nSPS) is 18.5. The van der Waals surface area contributed by atoms with Gasteiger partial charge in [-0.25, -0.2) is 0 Å². The Morgan fingerprint density at radius 3 is 2.48 bits per heavy atom. The minimum Gasteiger partial charge on any atom is -0.406 e. The monoisotopic (exact) mass is 324 g/mol. The van der Waals surface area contributed by atoms with Gasteiger partial charge in [0.2, 0.25) is 0 Å². The van der Waals surface area contributed by atoms with E-state index in [4.69, 9.17) is 0 Å². The third kappa shape index (κ3) is 5.81. The quantitative estimate of drug-likeness (QED) is 0.898. The van der Waals surface area contributed by atoms with Crippen LogP contribution in [0.5, 0.6) is 5.75 Å². The number of halogens is 4. The van der Waals surface area contributed by atoms with Gasteiger partial charge in [-0.2, -0.15) is 0 Å². The van der Waals surface area contributed by atoms with E-state index in [1.54, 1.807) is 0 Å². The smallest absolute Gasteiger partial charge is 0.406 e. The second kappa shape index (κ2) is 7.51. The van der Waals surface area contributed by atoms with Gasteiger partial charge in [0.1, 0.15) is 5.75 Å². The fourth-order valence-electron chi connectivity index (χ4n) is 2.05. The Hall–Kier alpha value is -1.47. The Kier molecular flexibility index (Phi) is 6.29. The molecule has 21 heavy (non-hydrogen) atoms. The Balaban J connectivity index is 0.00000220. The summed E-state index contributed by atoms with van der Waals surface area (Å²) in [6.45, 7) is 1.65. The van der Waals surface area contributed by atoms with Gasteiger partial charge in [-0.3, -0.25) is 4.79 Å². The van der Waals surface area contributed by atoms with E-state index < -0.39 is 6.36 Å². The number of rotatable bonds is 3. The SMILES string of the molecule is Cl.O=C(N[C@H]1CCCNC1)c1ccc(OC(F)(F)F)cc1. The van der Waals surface area contributed by atoms with Crippen LogP contribution in [0.15, 0.2) is 24.3 Å². The van der Waals surface area contributed by atoms with Crippen LogP contribution in [0.1, 0.15) is 23.2 Å². The minimum absolute atomic E-state index is 0.